The van der Waals surface area contributed by atoms with E-state index in [1.54, 1.807) is 21.3 Å². The second-order valence-electron chi connectivity index (χ2n) is 14.0. The van der Waals surface area contributed by atoms with Gasteiger partial charge in [-0.1, -0.05) is 42.5 Å². The van der Waals surface area contributed by atoms with Crippen LogP contribution >= 0.6 is 0 Å². The van der Waals surface area contributed by atoms with Gasteiger partial charge in [-0.05, 0) is 35.4 Å². The highest BCUT2D eigenvalue weighted by atomic mass is 16.5. The molecule has 0 spiro atoms. The van der Waals surface area contributed by atoms with E-state index >= 15 is 0 Å². The Kier molecular flexibility index (Phi) is 12.0. The molecule has 3 aromatic carbocycles. The zero-order valence-electron chi connectivity index (χ0n) is 29.7. The van der Waals surface area contributed by atoms with Crippen LogP contribution in [0.2, 0.25) is 0 Å². The molecule has 2 heterocycles. The van der Waals surface area contributed by atoms with E-state index in [0.717, 1.165) is 78.2 Å². The minimum absolute atomic E-state index is 0.164. The summed E-state index contributed by atoms with van der Waals surface area (Å²) in [7, 11) is 9.54. The molecular formula is C40H52N2O7+2. The van der Waals surface area contributed by atoms with Gasteiger partial charge in [-0.3, -0.25) is 0 Å². The number of rotatable bonds is 15. The van der Waals surface area contributed by atoms with Crippen molar-refractivity contribution in [3.63, 3.8) is 0 Å². The van der Waals surface area contributed by atoms with Crippen molar-refractivity contribution >= 4 is 11.9 Å². The Morgan fingerprint density at radius 1 is 0.816 bits per heavy atom. The number of likely N-dealkylation sites (N-methyl/N-ethyl adjacent to an activating group) is 1. The van der Waals surface area contributed by atoms with Crippen molar-refractivity contribution in [2.45, 2.75) is 38.3 Å². The van der Waals surface area contributed by atoms with Crippen molar-refractivity contribution in [1.82, 2.24) is 0 Å². The maximum Gasteiger partial charge on any atom is 0.331 e. The number of carbonyl (C=O) groups is 2. The Hall–Kier alpha value is -4.34. The SMILES string of the molecule is COc1ccc(CC2c3cc(OC)c(OC)cc3CC[N+]2(C)CCCOC(=O)/C=C/C(=O)OCC2CC[N+](C)(Cc3ccccc3)C2)cc1. The summed E-state index contributed by atoms with van der Waals surface area (Å²) >= 11 is 0. The average Bonchev–Trinajstić information content (AvgIpc) is 3.49. The summed E-state index contributed by atoms with van der Waals surface area (Å²) in [5.41, 5.74) is 5.05. The van der Waals surface area contributed by atoms with Gasteiger partial charge in [0.1, 0.15) is 24.9 Å². The van der Waals surface area contributed by atoms with Crippen LogP contribution in [0.15, 0.2) is 78.9 Å². The number of methoxy groups -OCH3 is 3. The zero-order chi connectivity index (χ0) is 34.9. The van der Waals surface area contributed by atoms with Crippen LogP contribution in [0.1, 0.15) is 41.1 Å². The molecule has 3 aromatic rings. The number of fused-ring (bicyclic) bond motifs is 1. The molecule has 0 aromatic heterocycles. The van der Waals surface area contributed by atoms with Crippen LogP contribution in [0, 0.1) is 5.92 Å². The second kappa shape index (κ2) is 16.4. The van der Waals surface area contributed by atoms with E-state index in [0.29, 0.717) is 18.9 Å². The number of nitrogens with zero attached hydrogens (tertiary/aromatic N) is 2. The van der Waals surface area contributed by atoms with E-state index in [1.807, 2.05) is 18.2 Å². The lowest BCUT2D eigenvalue weighted by Crippen LogP contribution is -2.52. The molecule has 0 N–H and O–H groups in total. The van der Waals surface area contributed by atoms with Crippen molar-refractivity contribution in [2.75, 3.05) is 74.8 Å². The van der Waals surface area contributed by atoms with Crippen LogP contribution < -0.4 is 14.2 Å². The monoisotopic (exact) mass is 672 g/mol. The van der Waals surface area contributed by atoms with E-state index in [2.05, 4.69) is 62.6 Å². The second-order valence-corrected chi connectivity index (χ2v) is 14.0. The predicted octanol–water partition coefficient (Wildman–Crippen LogP) is 5.70. The quantitative estimate of drug-likeness (QED) is 0.0888. The Morgan fingerprint density at radius 2 is 1.51 bits per heavy atom. The maximum absolute atomic E-state index is 12.5. The highest BCUT2D eigenvalue weighted by molar-refractivity contribution is 5.91. The number of likely N-dealkylation sites (tertiary alicyclic amines) is 1. The van der Waals surface area contributed by atoms with Crippen LogP contribution in [-0.4, -0.2) is 95.7 Å². The van der Waals surface area contributed by atoms with Crippen LogP contribution in [0.3, 0.4) is 0 Å². The topological polar surface area (TPSA) is 80.3 Å². The average molecular weight is 673 g/mol. The van der Waals surface area contributed by atoms with Crippen LogP contribution in [-0.2, 0) is 38.4 Å². The number of esters is 2. The summed E-state index contributed by atoms with van der Waals surface area (Å²) in [6.45, 7) is 5.35. The molecule has 5 rings (SSSR count). The summed E-state index contributed by atoms with van der Waals surface area (Å²) in [4.78, 5) is 24.9. The molecule has 0 amide bonds. The lowest BCUT2D eigenvalue weighted by molar-refractivity contribution is -0.941. The standard InChI is InChI=1S/C40H52N2O7/c1-41(27-31-10-7-6-8-11-31)21-18-32(28-41)29-49-40(44)17-16-39(43)48-23-9-20-42(2)22-19-33-25-37(46-4)38(47-5)26-35(33)36(42)24-30-12-14-34(45-3)15-13-30/h6-8,10-17,25-26,32,36H,9,18-24,27-29H2,1-5H3/q+2/b17-16+. The van der Waals surface area contributed by atoms with Crippen LogP contribution in [0.5, 0.6) is 17.2 Å². The highest BCUT2D eigenvalue weighted by Gasteiger charge is 2.40. The fourth-order valence-corrected chi connectivity index (χ4v) is 7.55. The summed E-state index contributed by atoms with van der Waals surface area (Å²) in [6.07, 6.45) is 5.78. The third-order valence-corrected chi connectivity index (χ3v) is 10.3. The third kappa shape index (κ3) is 9.43. The molecule has 0 bridgehead atoms. The smallest absolute Gasteiger partial charge is 0.331 e. The summed E-state index contributed by atoms with van der Waals surface area (Å²) in [6, 6.07) is 23.1. The minimum Gasteiger partial charge on any atom is -0.497 e. The fourth-order valence-electron chi connectivity index (χ4n) is 7.55. The van der Waals surface area contributed by atoms with E-state index in [4.69, 9.17) is 23.7 Å². The molecule has 262 valence electrons. The first kappa shape index (κ1) is 36.0. The molecule has 2 aliphatic heterocycles. The Morgan fingerprint density at radius 3 is 2.20 bits per heavy atom. The first-order chi connectivity index (χ1) is 23.6. The lowest BCUT2D eigenvalue weighted by atomic mass is 9.86. The van der Waals surface area contributed by atoms with E-state index < -0.39 is 11.9 Å². The molecule has 2 aliphatic rings. The normalized spacial score (nSPS) is 23.1. The van der Waals surface area contributed by atoms with Gasteiger partial charge in [-0.25, -0.2) is 9.59 Å². The minimum atomic E-state index is -0.539. The van der Waals surface area contributed by atoms with Gasteiger partial charge in [-0.2, -0.15) is 0 Å². The molecule has 1 saturated heterocycles. The van der Waals surface area contributed by atoms with Gasteiger partial charge in [-0.15, -0.1) is 0 Å². The molecule has 49 heavy (non-hydrogen) atoms. The highest BCUT2D eigenvalue weighted by Crippen LogP contribution is 2.42. The van der Waals surface area contributed by atoms with Crippen molar-refractivity contribution in [1.29, 1.82) is 0 Å². The van der Waals surface area contributed by atoms with Gasteiger partial charge in [0.15, 0.2) is 11.5 Å². The molecule has 0 radical (unpaired) electrons. The summed E-state index contributed by atoms with van der Waals surface area (Å²) in [5.74, 6) is 1.54. The number of benzene rings is 3. The fraction of sp³-hybridized carbons (Fsp3) is 0.450. The summed E-state index contributed by atoms with van der Waals surface area (Å²) in [5, 5.41) is 0. The Balaban J connectivity index is 1.11. The third-order valence-electron chi connectivity index (χ3n) is 10.3. The van der Waals surface area contributed by atoms with E-state index in [9.17, 15) is 9.59 Å². The molecule has 4 unspecified atom stereocenters. The maximum atomic E-state index is 12.5. The van der Waals surface area contributed by atoms with Gasteiger partial charge in [0.2, 0.25) is 0 Å². The Labute approximate surface area is 291 Å². The first-order valence-electron chi connectivity index (χ1n) is 17.2. The van der Waals surface area contributed by atoms with Gasteiger partial charge >= 0.3 is 11.9 Å². The van der Waals surface area contributed by atoms with E-state index in [-0.39, 0.29) is 12.6 Å². The van der Waals surface area contributed by atoms with Crippen LogP contribution in [0.25, 0.3) is 0 Å². The molecule has 0 saturated carbocycles. The molecule has 1 fully saturated rings. The number of quaternary nitrogens is 2. The predicted molar refractivity (Wildman–Crippen MR) is 188 cm³/mol. The Bertz CT molecular complexity index is 1590. The van der Waals surface area contributed by atoms with Gasteiger partial charge in [0.05, 0.1) is 68.2 Å². The molecule has 9 heteroatoms. The van der Waals surface area contributed by atoms with Gasteiger partial charge < -0.3 is 32.7 Å². The van der Waals surface area contributed by atoms with Crippen molar-refractivity contribution in [3.05, 3.63) is 101 Å². The zero-order valence-corrected chi connectivity index (χ0v) is 29.7. The number of carbonyl (C=O) groups excluding carboxylic acids is 2. The van der Waals surface area contributed by atoms with Crippen molar-refractivity contribution < 1.29 is 42.2 Å². The summed E-state index contributed by atoms with van der Waals surface area (Å²) < 4.78 is 29.4. The van der Waals surface area contributed by atoms with Crippen molar-refractivity contribution in [2.24, 2.45) is 5.92 Å². The van der Waals surface area contributed by atoms with Gasteiger partial charge in [0.25, 0.3) is 0 Å². The van der Waals surface area contributed by atoms with Crippen LogP contribution in [0.4, 0.5) is 0 Å². The largest absolute Gasteiger partial charge is 0.497 e. The number of ether oxygens (including phenoxy) is 5. The molecule has 0 aliphatic carbocycles. The first-order valence-corrected chi connectivity index (χ1v) is 17.2. The lowest BCUT2D eigenvalue weighted by Gasteiger charge is -2.46. The molecular weight excluding hydrogens is 620 g/mol. The molecule has 9 nitrogen and oxygen atoms in total. The van der Waals surface area contributed by atoms with Crippen molar-refractivity contribution in [3.8, 4) is 17.2 Å². The van der Waals surface area contributed by atoms with Gasteiger partial charge in [0, 0.05) is 54.9 Å². The molecule has 4 atom stereocenters. The number of hydrogen-bond donors (Lipinski definition) is 0. The van der Waals surface area contributed by atoms with E-state index in [1.165, 1.54) is 34.4 Å². The number of hydrogen-bond acceptors (Lipinski definition) is 7.